The van der Waals surface area contributed by atoms with Gasteiger partial charge in [-0.15, -0.1) is 0 Å². The van der Waals surface area contributed by atoms with Crippen LogP contribution in [0.2, 0.25) is 5.15 Å². The maximum absolute atomic E-state index is 12.5. The molecular formula is C14H15ClN4O. The zero-order chi connectivity index (χ0) is 14.5. The van der Waals surface area contributed by atoms with Crippen LogP contribution in [0.15, 0.2) is 36.7 Å². The van der Waals surface area contributed by atoms with Crippen LogP contribution in [0, 0.1) is 0 Å². The first-order chi connectivity index (χ1) is 9.63. The summed E-state index contributed by atoms with van der Waals surface area (Å²) in [4.78, 5) is 22.2. The third-order valence-electron chi connectivity index (χ3n) is 2.79. The molecule has 0 aliphatic heterocycles. The normalized spacial score (nSPS) is 10.2. The number of aromatic nitrogens is 2. The number of halogens is 1. The molecule has 2 aromatic rings. The maximum Gasteiger partial charge on any atom is 0.261 e. The van der Waals surface area contributed by atoms with Gasteiger partial charge in [-0.05, 0) is 31.2 Å². The van der Waals surface area contributed by atoms with Gasteiger partial charge in [0, 0.05) is 19.8 Å². The molecule has 104 valence electrons. The Hall–Kier alpha value is -2.14. The largest absolute Gasteiger partial charge is 0.370 e. The molecule has 2 heterocycles. The molecule has 1 amide bonds. The highest BCUT2D eigenvalue weighted by atomic mass is 35.5. The van der Waals surface area contributed by atoms with Gasteiger partial charge in [0.15, 0.2) is 0 Å². The van der Waals surface area contributed by atoms with Crippen LogP contribution in [-0.2, 0) is 0 Å². The van der Waals surface area contributed by atoms with E-state index in [9.17, 15) is 4.79 Å². The quantitative estimate of drug-likeness (QED) is 0.880. The topological polar surface area (TPSA) is 58.1 Å². The van der Waals surface area contributed by atoms with Crippen molar-refractivity contribution in [2.75, 3.05) is 23.8 Å². The van der Waals surface area contributed by atoms with Crippen LogP contribution in [0.5, 0.6) is 0 Å². The summed E-state index contributed by atoms with van der Waals surface area (Å²) in [5.41, 5.74) is 1.19. The van der Waals surface area contributed by atoms with E-state index in [4.69, 9.17) is 11.6 Å². The minimum atomic E-state index is -0.154. The Kier molecular flexibility index (Phi) is 4.53. The molecule has 1 N–H and O–H groups in total. The van der Waals surface area contributed by atoms with Crippen LogP contribution >= 0.6 is 11.6 Å². The van der Waals surface area contributed by atoms with Crippen molar-refractivity contribution < 1.29 is 4.79 Å². The molecule has 2 rings (SSSR count). The van der Waals surface area contributed by atoms with Gasteiger partial charge in [0.1, 0.15) is 11.0 Å². The van der Waals surface area contributed by atoms with Crippen molar-refractivity contribution >= 4 is 29.0 Å². The average Bonchev–Trinajstić information content (AvgIpc) is 2.47. The van der Waals surface area contributed by atoms with Crippen molar-refractivity contribution in [3.63, 3.8) is 0 Å². The Labute approximate surface area is 122 Å². The third-order valence-corrected chi connectivity index (χ3v) is 3.01. The molecule has 0 saturated carbocycles. The molecule has 0 atom stereocenters. The van der Waals surface area contributed by atoms with Gasteiger partial charge >= 0.3 is 0 Å². The van der Waals surface area contributed by atoms with Crippen LogP contribution in [0.3, 0.4) is 0 Å². The lowest BCUT2D eigenvalue weighted by molar-refractivity contribution is 0.0993. The van der Waals surface area contributed by atoms with Gasteiger partial charge in [0.05, 0.1) is 17.4 Å². The zero-order valence-corrected chi connectivity index (χ0v) is 12.1. The molecule has 0 fully saturated rings. The highest BCUT2D eigenvalue weighted by molar-refractivity contribution is 6.29. The summed E-state index contributed by atoms with van der Waals surface area (Å²) in [5, 5.41) is 3.47. The van der Waals surface area contributed by atoms with Gasteiger partial charge < -0.3 is 10.2 Å². The molecule has 0 aliphatic rings. The fourth-order valence-corrected chi connectivity index (χ4v) is 1.86. The standard InChI is InChI=1S/C14H15ClN4O/c1-3-16-13-11(5-4-8-17-13)14(20)19(2)10-6-7-12(15)18-9-10/h4-9H,3H2,1-2H3,(H,16,17). The van der Waals surface area contributed by atoms with Crippen LogP contribution < -0.4 is 10.2 Å². The lowest BCUT2D eigenvalue weighted by Crippen LogP contribution is -2.27. The highest BCUT2D eigenvalue weighted by Crippen LogP contribution is 2.19. The monoisotopic (exact) mass is 290 g/mol. The second kappa shape index (κ2) is 6.34. The molecule has 0 spiro atoms. The lowest BCUT2D eigenvalue weighted by atomic mass is 10.2. The molecule has 20 heavy (non-hydrogen) atoms. The number of carbonyl (C=O) groups is 1. The van der Waals surface area contributed by atoms with Gasteiger partial charge in [0.2, 0.25) is 0 Å². The maximum atomic E-state index is 12.5. The van der Waals surface area contributed by atoms with Crippen LogP contribution in [0.1, 0.15) is 17.3 Å². The van der Waals surface area contributed by atoms with E-state index in [1.54, 1.807) is 43.7 Å². The molecule has 0 aliphatic carbocycles. The van der Waals surface area contributed by atoms with Gasteiger partial charge in [-0.1, -0.05) is 11.6 Å². The van der Waals surface area contributed by atoms with Gasteiger partial charge in [-0.25, -0.2) is 9.97 Å². The molecule has 6 heteroatoms. The highest BCUT2D eigenvalue weighted by Gasteiger charge is 2.17. The van der Waals surface area contributed by atoms with Crippen molar-refractivity contribution in [1.82, 2.24) is 9.97 Å². The summed E-state index contributed by atoms with van der Waals surface area (Å²) >= 11 is 5.74. The van der Waals surface area contributed by atoms with E-state index < -0.39 is 0 Å². The Morgan fingerprint density at radius 3 is 2.80 bits per heavy atom. The van der Waals surface area contributed by atoms with Crippen LogP contribution in [0.4, 0.5) is 11.5 Å². The summed E-state index contributed by atoms with van der Waals surface area (Å²) < 4.78 is 0. The number of pyridine rings is 2. The number of nitrogens with one attached hydrogen (secondary N) is 1. The van der Waals surface area contributed by atoms with E-state index in [1.165, 1.54) is 4.90 Å². The molecule has 0 saturated heterocycles. The molecule has 0 radical (unpaired) electrons. The smallest absolute Gasteiger partial charge is 0.261 e. The summed E-state index contributed by atoms with van der Waals surface area (Å²) in [6.07, 6.45) is 3.21. The summed E-state index contributed by atoms with van der Waals surface area (Å²) in [7, 11) is 1.69. The minimum absolute atomic E-state index is 0.154. The van der Waals surface area contributed by atoms with Crippen LogP contribution in [0.25, 0.3) is 0 Å². The second-order valence-corrected chi connectivity index (χ2v) is 4.52. The zero-order valence-electron chi connectivity index (χ0n) is 11.3. The average molecular weight is 291 g/mol. The fraction of sp³-hybridized carbons (Fsp3) is 0.214. The van der Waals surface area contributed by atoms with E-state index in [0.717, 1.165) is 0 Å². The van der Waals surface area contributed by atoms with E-state index in [2.05, 4.69) is 15.3 Å². The van der Waals surface area contributed by atoms with Crippen molar-refractivity contribution in [1.29, 1.82) is 0 Å². The van der Waals surface area contributed by atoms with Gasteiger partial charge in [-0.2, -0.15) is 0 Å². The molecule has 0 aromatic carbocycles. The first kappa shape index (κ1) is 14.3. The van der Waals surface area contributed by atoms with Crippen molar-refractivity contribution in [2.24, 2.45) is 0 Å². The first-order valence-corrected chi connectivity index (χ1v) is 6.59. The number of hydrogen-bond acceptors (Lipinski definition) is 4. The Bertz CT molecular complexity index is 600. The fourth-order valence-electron chi connectivity index (χ4n) is 1.75. The number of anilines is 2. The number of carbonyl (C=O) groups excluding carboxylic acids is 1. The van der Waals surface area contributed by atoms with Crippen molar-refractivity contribution in [3.8, 4) is 0 Å². The van der Waals surface area contributed by atoms with E-state index in [1.807, 2.05) is 6.92 Å². The molecule has 0 bridgehead atoms. The summed E-state index contributed by atoms with van der Waals surface area (Å²) in [6.45, 7) is 2.65. The van der Waals surface area contributed by atoms with E-state index >= 15 is 0 Å². The second-order valence-electron chi connectivity index (χ2n) is 4.13. The molecule has 5 nitrogen and oxygen atoms in total. The summed E-state index contributed by atoms with van der Waals surface area (Å²) in [5.74, 6) is 0.423. The number of hydrogen-bond donors (Lipinski definition) is 1. The van der Waals surface area contributed by atoms with E-state index in [-0.39, 0.29) is 5.91 Å². The SMILES string of the molecule is CCNc1ncccc1C(=O)N(C)c1ccc(Cl)nc1. The Morgan fingerprint density at radius 1 is 1.35 bits per heavy atom. The third kappa shape index (κ3) is 3.05. The number of rotatable bonds is 4. The predicted octanol–water partition coefficient (Wildman–Crippen LogP) is 2.84. The number of amides is 1. The lowest BCUT2D eigenvalue weighted by Gasteiger charge is -2.18. The van der Waals surface area contributed by atoms with Gasteiger partial charge in [-0.3, -0.25) is 4.79 Å². The number of nitrogens with zero attached hydrogens (tertiary/aromatic N) is 3. The minimum Gasteiger partial charge on any atom is -0.370 e. The van der Waals surface area contributed by atoms with E-state index in [0.29, 0.717) is 28.8 Å². The molecular weight excluding hydrogens is 276 g/mol. The Balaban J connectivity index is 2.29. The van der Waals surface area contributed by atoms with Crippen molar-refractivity contribution in [3.05, 3.63) is 47.4 Å². The predicted molar refractivity (Wildman–Crippen MR) is 80.4 cm³/mol. The Morgan fingerprint density at radius 2 is 2.15 bits per heavy atom. The van der Waals surface area contributed by atoms with Gasteiger partial charge in [0.25, 0.3) is 5.91 Å². The first-order valence-electron chi connectivity index (χ1n) is 6.22. The summed E-state index contributed by atoms with van der Waals surface area (Å²) in [6, 6.07) is 6.88. The van der Waals surface area contributed by atoms with Crippen LogP contribution in [-0.4, -0.2) is 29.5 Å². The molecule has 2 aromatic heterocycles. The molecule has 0 unspecified atom stereocenters. The van der Waals surface area contributed by atoms with Crippen molar-refractivity contribution in [2.45, 2.75) is 6.92 Å².